The van der Waals surface area contributed by atoms with E-state index in [1.165, 1.54) is 0 Å². The molecular weight excluding hydrogens is 222 g/mol. The van der Waals surface area contributed by atoms with Crippen molar-refractivity contribution in [1.82, 2.24) is 4.31 Å². The normalized spacial score (nSPS) is 17.8. The molecule has 88 valence electrons. The fourth-order valence-electron chi connectivity index (χ4n) is 1.99. The van der Waals surface area contributed by atoms with Gasteiger partial charge in [-0.1, -0.05) is 30.3 Å². The average Bonchev–Trinajstić information content (AvgIpc) is 2.82. The van der Waals surface area contributed by atoms with Gasteiger partial charge in [0, 0.05) is 13.1 Å². The van der Waals surface area contributed by atoms with Gasteiger partial charge in [0.1, 0.15) is 0 Å². The lowest BCUT2D eigenvalue weighted by Crippen LogP contribution is -2.30. The molecule has 0 aromatic heterocycles. The van der Waals surface area contributed by atoms with Crippen molar-refractivity contribution in [1.29, 1.82) is 0 Å². The van der Waals surface area contributed by atoms with Crippen molar-refractivity contribution in [2.24, 2.45) is 0 Å². The molecule has 0 radical (unpaired) electrons. The van der Waals surface area contributed by atoms with Gasteiger partial charge in [0.2, 0.25) is 10.0 Å². The Balaban J connectivity index is 1.94. The van der Waals surface area contributed by atoms with Crippen molar-refractivity contribution in [3.05, 3.63) is 35.9 Å². The first-order chi connectivity index (χ1) is 7.68. The highest BCUT2D eigenvalue weighted by Gasteiger charge is 2.24. The van der Waals surface area contributed by atoms with E-state index in [1.54, 1.807) is 4.31 Å². The number of aryl methyl sites for hydroxylation is 1. The summed E-state index contributed by atoms with van der Waals surface area (Å²) in [5.74, 6) is 0.233. The molecule has 0 atom stereocenters. The van der Waals surface area contributed by atoms with Crippen LogP contribution < -0.4 is 0 Å². The first-order valence-corrected chi connectivity index (χ1v) is 7.31. The van der Waals surface area contributed by atoms with Crippen molar-refractivity contribution >= 4 is 10.0 Å². The second-order valence-electron chi connectivity index (χ2n) is 4.16. The highest BCUT2D eigenvalue weighted by Crippen LogP contribution is 2.14. The molecule has 0 N–H and O–H groups in total. The van der Waals surface area contributed by atoms with Gasteiger partial charge in [0.15, 0.2) is 0 Å². The lowest BCUT2D eigenvalue weighted by Gasteiger charge is -2.15. The van der Waals surface area contributed by atoms with Crippen molar-refractivity contribution < 1.29 is 8.42 Å². The summed E-state index contributed by atoms with van der Waals surface area (Å²) in [6, 6.07) is 9.77. The van der Waals surface area contributed by atoms with E-state index >= 15 is 0 Å². The van der Waals surface area contributed by atoms with Gasteiger partial charge in [-0.05, 0) is 24.8 Å². The molecule has 1 saturated heterocycles. The van der Waals surface area contributed by atoms with Gasteiger partial charge >= 0.3 is 0 Å². The molecule has 4 heteroatoms. The molecule has 0 aliphatic carbocycles. The Morgan fingerprint density at radius 3 is 2.31 bits per heavy atom. The van der Waals surface area contributed by atoms with Gasteiger partial charge in [-0.2, -0.15) is 0 Å². The molecule has 16 heavy (non-hydrogen) atoms. The predicted molar refractivity (Wildman–Crippen MR) is 64.7 cm³/mol. The topological polar surface area (TPSA) is 37.4 Å². The number of nitrogens with zero attached hydrogens (tertiary/aromatic N) is 1. The fourth-order valence-corrected chi connectivity index (χ4v) is 3.55. The van der Waals surface area contributed by atoms with E-state index in [0.29, 0.717) is 19.5 Å². The molecule has 0 unspecified atom stereocenters. The monoisotopic (exact) mass is 239 g/mol. The number of rotatable bonds is 4. The van der Waals surface area contributed by atoms with Crippen LogP contribution in [0.4, 0.5) is 0 Å². The predicted octanol–water partition coefficient (Wildman–Crippen LogP) is 1.65. The molecule has 1 aromatic carbocycles. The zero-order valence-corrected chi connectivity index (χ0v) is 10.1. The van der Waals surface area contributed by atoms with Crippen LogP contribution in [0.15, 0.2) is 30.3 Å². The molecule has 2 rings (SSSR count). The third-order valence-corrected chi connectivity index (χ3v) is 4.82. The van der Waals surface area contributed by atoms with E-state index in [0.717, 1.165) is 18.4 Å². The minimum atomic E-state index is -3.02. The fraction of sp³-hybridized carbons (Fsp3) is 0.500. The second-order valence-corrected chi connectivity index (χ2v) is 6.25. The van der Waals surface area contributed by atoms with Crippen molar-refractivity contribution in [2.45, 2.75) is 19.3 Å². The average molecular weight is 239 g/mol. The Kier molecular flexibility index (Phi) is 3.61. The Morgan fingerprint density at radius 1 is 1.06 bits per heavy atom. The van der Waals surface area contributed by atoms with Crippen molar-refractivity contribution in [2.75, 3.05) is 18.8 Å². The van der Waals surface area contributed by atoms with Crippen LogP contribution in [0.25, 0.3) is 0 Å². The zero-order chi connectivity index (χ0) is 11.4. The van der Waals surface area contributed by atoms with E-state index in [1.807, 2.05) is 30.3 Å². The maximum Gasteiger partial charge on any atom is 0.214 e. The minimum absolute atomic E-state index is 0.233. The third kappa shape index (κ3) is 2.83. The standard InChI is InChI=1S/C12H17NO2S/c14-16(15,13-9-4-5-10-13)11-8-12-6-2-1-3-7-12/h1-3,6-7H,4-5,8-11H2. The minimum Gasteiger partial charge on any atom is -0.212 e. The summed E-state index contributed by atoms with van der Waals surface area (Å²) in [5, 5.41) is 0. The summed E-state index contributed by atoms with van der Waals surface area (Å²) >= 11 is 0. The maximum absolute atomic E-state index is 11.9. The summed E-state index contributed by atoms with van der Waals surface area (Å²) in [5.41, 5.74) is 1.09. The summed E-state index contributed by atoms with van der Waals surface area (Å²) in [7, 11) is -3.02. The quantitative estimate of drug-likeness (QED) is 0.801. The van der Waals surface area contributed by atoms with Crippen LogP contribution in [-0.4, -0.2) is 31.6 Å². The van der Waals surface area contributed by atoms with Gasteiger partial charge in [-0.25, -0.2) is 12.7 Å². The highest BCUT2D eigenvalue weighted by molar-refractivity contribution is 7.89. The number of sulfonamides is 1. The number of benzene rings is 1. The van der Waals surface area contributed by atoms with Gasteiger partial charge in [0.05, 0.1) is 5.75 Å². The Bertz CT molecular complexity index is 422. The SMILES string of the molecule is O=S(=O)(CCc1ccccc1)N1CCCC1. The van der Waals surface area contributed by atoms with E-state index < -0.39 is 10.0 Å². The molecule has 0 spiro atoms. The highest BCUT2D eigenvalue weighted by atomic mass is 32.2. The van der Waals surface area contributed by atoms with E-state index in [2.05, 4.69) is 0 Å². The van der Waals surface area contributed by atoms with Gasteiger partial charge in [0.25, 0.3) is 0 Å². The Morgan fingerprint density at radius 2 is 1.69 bits per heavy atom. The van der Waals surface area contributed by atoms with Crippen LogP contribution >= 0.6 is 0 Å². The van der Waals surface area contributed by atoms with Gasteiger partial charge in [-0.3, -0.25) is 0 Å². The molecule has 1 heterocycles. The van der Waals surface area contributed by atoms with Crippen molar-refractivity contribution in [3.63, 3.8) is 0 Å². The lowest BCUT2D eigenvalue weighted by atomic mass is 10.2. The molecule has 0 saturated carbocycles. The molecule has 3 nitrogen and oxygen atoms in total. The summed E-state index contributed by atoms with van der Waals surface area (Å²) in [6.45, 7) is 1.41. The number of hydrogen-bond donors (Lipinski definition) is 0. The summed E-state index contributed by atoms with van der Waals surface area (Å²) < 4.78 is 25.5. The molecule has 1 fully saturated rings. The summed E-state index contributed by atoms with van der Waals surface area (Å²) in [6.07, 6.45) is 2.62. The molecule has 1 aromatic rings. The Hall–Kier alpha value is -0.870. The first kappa shape index (κ1) is 11.6. The van der Waals surface area contributed by atoms with E-state index in [9.17, 15) is 8.42 Å². The van der Waals surface area contributed by atoms with Crippen LogP contribution in [0, 0.1) is 0 Å². The van der Waals surface area contributed by atoms with E-state index in [-0.39, 0.29) is 5.75 Å². The lowest BCUT2D eigenvalue weighted by molar-refractivity contribution is 0.477. The van der Waals surface area contributed by atoms with Crippen LogP contribution in [0.2, 0.25) is 0 Å². The maximum atomic E-state index is 11.9. The largest absolute Gasteiger partial charge is 0.214 e. The van der Waals surface area contributed by atoms with Crippen LogP contribution in [0.1, 0.15) is 18.4 Å². The number of hydrogen-bond acceptors (Lipinski definition) is 2. The molecule has 0 amide bonds. The van der Waals surface area contributed by atoms with E-state index in [4.69, 9.17) is 0 Å². The molecule has 1 aliphatic rings. The first-order valence-electron chi connectivity index (χ1n) is 5.70. The summed E-state index contributed by atoms with van der Waals surface area (Å²) in [4.78, 5) is 0. The van der Waals surface area contributed by atoms with Crippen LogP contribution in [0.3, 0.4) is 0 Å². The second kappa shape index (κ2) is 4.97. The van der Waals surface area contributed by atoms with Crippen molar-refractivity contribution in [3.8, 4) is 0 Å². The van der Waals surface area contributed by atoms with Crippen LogP contribution in [-0.2, 0) is 16.4 Å². The van der Waals surface area contributed by atoms with Gasteiger partial charge < -0.3 is 0 Å². The van der Waals surface area contributed by atoms with Gasteiger partial charge in [-0.15, -0.1) is 0 Å². The molecule has 1 aliphatic heterocycles. The Labute approximate surface area is 97.1 Å². The third-order valence-electron chi connectivity index (χ3n) is 2.95. The van der Waals surface area contributed by atoms with Crippen LogP contribution in [0.5, 0.6) is 0 Å². The smallest absolute Gasteiger partial charge is 0.212 e. The zero-order valence-electron chi connectivity index (χ0n) is 9.30. The molecular formula is C12H17NO2S. The molecule has 0 bridgehead atoms.